The molecule has 0 unspecified atom stereocenters. The molecule has 1 aromatic carbocycles. The van der Waals surface area contributed by atoms with E-state index in [1.165, 1.54) is 0 Å². The Morgan fingerprint density at radius 3 is 2.85 bits per heavy atom. The Labute approximate surface area is 117 Å². The first-order chi connectivity index (χ1) is 9.67. The van der Waals surface area contributed by atoms with Gasteiger partial charge in [-0.3, -0.25) is 4.57 Å². The molecule has 102 valence electrons. The second-order valence-corrected chi connectivity index (χ2v) is 4.70. The van der Waals surface area contributed by atoms with Crippen molar-refractivity contribution in [3.63, 3.8) is 0 Å². The molecule has 0 aliphatic rings. The third-order valence-corrected chi connectivity index (χ3v) is 3.24. The van der Waals surface area contributed by atoms with Crippen LogP contribution in [0.2, 0.25) is 0 Å². The smallest absolute Gasteiger partial charge is 0.202 e. The summed E-state index contributed by atoms with van der Waals surface area (Å²) in [6, 6.07) is 11.8. The number of rotatable bonds is 3. The van der Waals surface area contributed by atoms with Gasteiger partial charge in [0.15, 0.2) is 5.65 Å². The number of hydrogen-bond donors (Lipinski definition) is 1. The van der Waals surface area contributed by atoms with Gasteiger partial charge in [-0.25, -0.2) is 9.97 Å². The van der Waals surface area contributed by atoms with E-state index in [0.29, 0.717) is 12.5 Å². The van der Waals surface area contributed by atoms with Crippen LogP contribution < -0.4 is 10.5 Å². The van der Waals surface area contributed by atoms with Crippen molar-refractivity contribution in [1.82, 2.24) is 14.5 Å². The van der Waals surface area contributed by atoms with Gasteiger partial charge in [0.05, 0.1) is 13.7 Å². The quantitative estimate of drug-likeness (QED) is 0.792. The lowest BCUT2D eigenvalue weighted by Gasteiger charge is -2.08. The van der Waals surface area contributed by atoms with E-state index in [1.54, 1.807) is 7.11 Å². The Kier molecular flexibility index (Phi) is 3.02. The van der Waals surface area contributed by atoms with E-state index in [9.17, 15) is 0 Å². The minimum Gasteiger partial charge on any atom is -0.497 e. The number of hydrogen-bond acceptors (Lipinski definition) is 4. The number of fused-ring (bicyclic) bond motifs is 1. The number of nitrogens with zero attached hydrogens (tertiary/aromatic N) is 3. The van der Waals surface area contributed by atoms with Crippen molar-refractivity contribution in [2.75, 3.05) is 12.8 Å². The van der Waals surface area contributed by atoms with Crippen molar-refractivity contribution in [1.29, 1.82) is 0 Å². The monoisotopic (exact) mass is 268 g/mol. The van der Waals surface area contributed by atoms with Crippen LogP contribution in [0.3, 0.4) is 0 Å². The third-order valence-electron chi connectivity index (χ3n) is 3.24. The second-order valence-electron chi connectivity index (χ2n) is 4.70. The fraction of sp³-hybridized carbons (Fsp3) is 0.200. The number of aryl methyl sites for hydroxylation is 1. The predicted octanol–water partition coefficient (Wildman–Crippen LogP) is 2.38. The highest BCUT2D eigenvalue weighted by Gasteiger charge is 2.10. The molecule has 5 nitrogen and oxygen atoms in total. The van der Waals surface area contributed by atoms with Gasteiger partial charge in [0, 0.05) is 5.69 Å². The van der Waals surface area contributed by atoms with E-state index in [1.807, 2.05) is 47.9 Å². The van der Waals surface area contributed by atoms with Crippen molar-refractivity contribution in [3.8, 4) is 5.75 Å². The molecule has 0 saturated heterocycles. The van der Waals surface area contributed by atoms with Gasteiger partial charge in [0.2, 0.25) is 5.95 Å². The molecule has 0 aliphatic carbocycles. The molecule has 0 spiro atoms. The summed E-state index contributed by atoms with van der Waals surface area (Å²) in [5, 5.41) is 0. The normalized spacial score (nSPS) is 10.9. The predicted molar refractivity (Wildman–Crippen MR) is 78.8 cm³/mol. The molecule has 0 saturated carbocycles. The van der Waals surface area contributed by atoms with Crippen molar-refractivity contribution in [3.05, 3.63) is 47.7 Å². The zero-order chi connectivity index (χ0) is 14.1. The number of nitrogens with two attached hydrogens (primary N) is 1. The lowest BCUT2D eigenvalue weighted by molar-refractivity contribution is 0.414. The Hall–Kier alpha value is -2.56. The third kappa shape index (κ3) is 2.18. The maximum Gasteiger partial charge on any atom is 0.202 e. The highest BCUT2D eigenvalue weighted by molar-refractivity contribution is 5.74. The van der Waals surface area contributed by atoms with E-state index in [4.69, 9.17) is 10.5 Å². The van der Waals surface area contributed by atoms with Crippen LogP contribution in [0.25, 0.3) is 11.2 Å². The number of pyridine rings is 1. The van der Waals surface area contributed by atoms with Crippen LogP contribution in [-0.2, 0) is 6.54 Å². The lowest BCUT2D eigenvalue weighted by atomic mass is 10.2. The summed E-state index contributed by atoms with van der Waals surface area (Å²) < 4.78 is 7.15. The zero-order valence-corrected chi connectivity index (χ0v) is 11.5. The average molecular weight is 268 g/mol. The topological polar surface area (TPSA) is 66.0 Å². The minimum absolute atomic E-state index is 0.473. The standard InChI is InChI=1S/C15H16N4O/c1-10-6-7-13-14(17-10)19(15(16)18-13)9-11-4-3-5-12(8-11)20-2/h3-8H,9H2,1-2H3,(H2,16,18). The number of ether oxygens (including phenoxy) is 1. The highest BCUT2D eigenvalue weighted by atomic mass is 16.5. The van der Waals surface area contributed by atoms with Crippen LogP contribution in [-0.4, -0.2) is 21.6 Å². The molecule has 2 N–H and O–H groups in total. The molecule has 3 rings (SSSR count). The summed E-state index contributed by atoms with van der Waals surface area (Å²) >= 11 is 0. The van der Waals surface area contributed by atoms with Crippen molar-refractivity contribution in [2.45, 2.75) is 13.5 Å². The van der Waals surface area contributed by atoms with E-state index < -0.39 is 0 Å². The van der Waals surface area contributed by atoms with Crippen LogP contribution in [0, 0.1) is 6.92 Å². The van der Waals surface area contributed by atoms with E-state index in [0.717, 1.165) is 28.2 Å². The summed E-state index contributed by atoms with van der Waals surface area (Å²) in [4.78, 5) is 8.86. The molecule has 3 aromatic rings. The molecule has 0 aliphatic heterocycles. The molecule has 20 heavy (non-hydrogen) atoms. The minimum atomic E-state index is 0.473. The van der Waals surface area contributed by atoms with Gasteiger partial charge < -0.3 is 10.5 Å². The Morgan fingerprint density at radius 1 is 1.20 bits per heavy atom. The zero-order valence-electron chi connectivity index (χ0n) is 11.5. The van der Waals surface area contributed by atoms with E-state index in [-0.39, 0.29) is 0 Å². The van der Waals surface area contributed by atoms with Crippen LogP contribution >= 0.6 is 0 Å². The Morgan fingerprint density at radius 2 is 2.05 bits per heavy atom. The maximum atomic E-state index is 6.00. The molecular formula is C15H16N4O. The van der Waals surface area contributed by atoms with Crippen LogP contribution in [0.1, 0.15) is 11.3 Å². The maximum absolute atomic E-state index is 6.00. The summed E-state index contributed by atoms with van der Waals surface area (Å²) in [7, 11) is 1.66. The van der Waals surface area contributed by atoms with E-state index in [2.05, 4.69) is 9.97 Å². The lowest BCUT2D eigenvalue weighted by Crippen LogP contribution is -2.05. The van der Waals surface area contributed by atoms with Crippen LogP contribution in [0.5, 0.6) is 5.75 Å². The van der Waals surface area contributed by atoms with Crippen molar-refractivity contribution in [2.24, 2.45) is 0 Å². The molecule has 0 bridgehead atoms. The second kappa shape index (κ2) is 4.85. The molecule has 0 amide bonds. The van der Waals surface area contributed by atoms with E-state index >= 15 is 0 Å². The largest absolute Gasteiger partial charge is 0.497 e. The number of benzene rings is 1. The van der Waals surface area contributed by atoms with Gasteiger partial charge in [-0.2, -0.15) is 0 Å². The molecule has 2 aromatic heterocycles. The van der Waals surface area contributed by atoms with Gasteiger partial charge in [-0.05, 0) is 36.8 Å². The molecular weight excluding hydrogens is 252 g/mol. The summed E-state index contributed by atoms with van der Waals surface area (Å²) in [5.74, 6) is 1.30. The number of anilines is 1. The summed E-state index contributed by atoms with van der Waals surface area (Å²) in [6.07, 6.45) is 0. The fourth-order valence-electron chi connectivity index (χ4n) is 2.22. The molecule has 0 atom stereocenters. The number of aromatic nitrogens is 3. The highest BCUT2D eigenvalue weighted by Crippen LogP contribution is 2.20. The van der Waals surface area contributed by atoms with Crippen molar-refractivity contribution < 1.29 is 4.74 Å². The average Bonchev–Trinajstić information content (AvgIpc) is 2.75. The molecule has 5 heteroatoms. The number of nitrogen functional groups attached to an aromatic ring is 1. The molecule has 2 heterocycles. The van der Waals surface area contributed by atoms with Crippen molar-refractivity contribution >= 4 is 17.1 Å². The molecule has 0 fully saturated rings. The summed E-state index contributed by atoms with van der Waals surface area (Å²) in [5.41, 5.74) is 9.67. The van der Waals surface area contributed by atoms with Gasteiger partial charge in [0.25, 0.3) is 0 Å². The summed E-state index contributed by atoms with van der Waals surface area (Å²) in [6.45, 7) is 2.58. The van der Waals surface area contributed by atoms with Gasteiger partial charge >= 0.3 is 0 Å². The first kappa shape index (κ1) is 12.5. The number of methoxy groups -OCH3 is 1. The fourth-order valence-corrected chi connectivity index (χ4v) is 2.22. The first-order valence-corrected chi connectivity index (χ1v) is 6.39. The Bertz CT molecular complexity index is 764. The van der Waals surface area contributed by atoms with Gasteiger partial charge in [-0.15, -0.1) is 0 Å². The first-order valence-electron chi connectivity index (χ1n) is 6.39. The van der Waals surface area contributed by atoms with Crippen LogP contribution in [0.4, 0.5) is 5.95 Å². The molecule has 0 radical (unpaired) electrons. The van der Waals surface area contributed by atoms with Gasteiger partial charge in [-0.1, -0.05) is 12.1 Å². The SMILES string of the molecule is COc1cccc(Cn2c(N)nc3ccc(C)nc32)c1. The Balaban J connectivity index is 2.05. The van der Waals surface area contributed by atoms with Gasteiger partial charge in [0.1, 0.15) is 11.3 Å². The van der Waals surface area contributed by atoms with Crippen LogP contribution in [0.15, 0.2) is 36.4 Å². The number of imidazole rings is 1.